The van der Waals surface area contributed by atoms with Crippen molar-refractivity contribution in [2.45, 2.75) is 45.3 Å². The van der Waals surface area contributed by atoms with Crippen molar-refractivity contribution >= 4 is 11.5 Å². The number of para-hydroxylation sites is 1. The van der Waals surface area contributed by atoms with Crippen molar-refractivity contribution in [3.05, 3.63) is 75.8 Å². The maximum atomic E-state index is 11.9. The van der Waals surface area contributed by atoms with Gasteiger partial charge in [-0.25, -0.2) is 0 Å². The van der Waals surface area contributed by atoms with Crippen molar-refractivity contribution in [2.24, 2.45) is 0 Å². The number of hydrogen-bond acceptors (Lipinski definition) is 7. The summed E-state index contributed by atoms with van der Waals surface area (Å²) in [6.07, 6.45) is 4.28. The zero-order chi connectivity index (χ0) is 23.9. The highest BCUT2D eigenvalue weighted by atomic mass is 16.7. The molecule has 2 heterocycles. The number of nitrogens with zero attached hydrogens (tertiary/aromatic N) is 3. The summed E-state index contributed by atoms with van der Waals surface area (Å²) in [6.45, 7) is 2.78. The molecule has 1 aromatic heterocycles. The van der Waals surface area contributed by atoms with Gasteiger partial charge in [-0.3, -0.25) is 14.9 Å². The third kappa shape index (κ3) is 5.70. The lowest BCUT2D eigenvalue weighted by Gasteiger charge is -2.22. The van der Waals surface area contributed by atoms with E-state index in [1.54, 1.807) is 30.3 Å². The fourth-order valence-electron chi connectivity index (χ4n) is 4.05. The van der Waals surface area contributed by atoms with Gasteiger partial charge in [0.1, 0.15) is 5.69 Å². The summed E-state index contributed by atoms with van der Waals surface area (Å²) in [4.78, 5) is 23.0. The topological polar surface area (TPSA) is 104 Å². The first kappa shape index (κ1) is 23.7. The highest BCUT2D eigenvalue weighted by Gasteiger charge is 2.19. The number of aryl methyl sites for hydroxylation is 1. The predicted molar refractivity (Wildman–Crippen MR) is 127 cm³/mol. The molecule has 0 N–H and O–H groups in total. The lowest BCUT2D eigenvalue weighted by atomic mass is 9.98. The Bertz CT molecular complexity index is 1170. The number of ketones is 1. The van der Waals surface area contributed by atoms with E-state index in [-0.39, 0.29) is 17.8 Å². The molecule has 1 fully saturated rings. The van der Waals surface area contributed by atoms with E-state index in [0.717, 1.165) is 43.4 Å². The highest BCUT2D eigenvalue weighted by molar-refractivity contribution is 5.95. The zero-order valence-electron chi connectivity index (χ0n) is 19.1. The van der Waals surface area contributed by atoms with E-state index >= 15 is 0 Å². The van der Waals surface area contributed by atoms with Gasteiger partial charge in [-0.2, -0.15) is 0 Å². The van der Waals surface area contributed by atoms with E-state index in [2.05, 4.69) is 10.2 Å². The number of benzene rings is 2. The number of carbonyl (C=O) groups is 1. The van der Waals surface area contributed by atoms with Crippen molar-refractivity contribution in [2.75, 3.05) is 13.2 Å². The molecular weight excluding hydrogens is 434 g/mol. The van der Waals surface area contributed by atoms with Gasteiger partial charge in [-0.1, -0.05) is 30.3 Å². The number of ether oxygens (including phenoxy) is 2. The van der Waals surface area contributed by atoms with E-state index in [1.165, 1.54) is 13.0 Å². The monoisotopic (exact) mass is 461 g/mol. The number of aromatic nitrogens is 2. The molecule has 0 saturated carbocycles. The Morgan fingerprint density at radius 2 is 2.00 bits per heavy atom. The normalized spacial score (nSPS) is 15.7. The van der Waals surface area contributed by atoms with Crippen LogP contribution in [0.3, 0.4) is 0 Å². The highest BCUT2D eigenvalue weighted by Crippen LogP contribution is 2.31. The first-order valence-corrected chi connectivity index (χ1v) is 11.5. The molecular formula is C26H27N3O5. The summed E-state index contributed by atoms with van der Waals surface area (Å²) in [5, 5.41) is 20.3. The third-order valence-corrected chi connectivity index (χ3v) is 5.82. The molecule has 1 unspecified atom stereocenters. The van der Waals surface area contributed by atoms with Gasteiger partial charge in [0.25, 0.3) is 5.69 Å². The molecule has 1 atom stereocenters. The molecule has 0 radical (unpaired) electrons. The molecule has 1 aliphatic heterocycles. The fourth-order valence-corrected chi connectivity index (χ4v) is 4.05. The molecule has 1 saturated heterocycles. The van der Waals surface area contributed by atoms with Crippen LogP contribution in [0.5, 0.6) is 0 Å². The lowest BCUT2D eigenvalue weighted by molar-refractivity contribution is -0.384. The molecule has 2 aromatic carbocycles. The van der Waals surface area contributed by atoms with E-state index in [0.29, 0.717) is 35.5 Å². The average molecular weight is 462 g/mol. The van der Waals surface area contributed by atoms with Crippen LogP contribution in [0.25, 0.3) is 22.5 Å². The van der Waals surface area contributed by atoms with Crippen LogP contribution in [-0.4, -0.2) is 40.4 Å². The van der Waals surface area contributed by atoms with Gasteiger partial charge in [0.15, 0.2) is 12.1 Å². The molecule has 0 aliphatic carbocycles. The zero-order valence-corrected chi connectivity index (χ0v) is 19.1. The number of Topliss-reactive ketones (excluding diaryl/α,β-unsaturated/α-hetero) is 1. The second-order valence-electron chi connectivity index (χ2n) is 8.29. The van der Waals surface area contributed by atoms with Crippen LogP contribution in [0, 0.1) is 10.1 Å². The van der Waals surface area contributed by atoms with Crippen molar-refractivity contribution in [1.29, 1.82) is 0 Å². The second kappa shape index (κ2) is 11.1. The van der Waals surface area contributed by atoms with E-state index < -0.39 is 4.92 Å². The van der Waals surface area contributed by atoms with Crippen molar-refractivity contribution in [1.82, 2.24) is 10.2 Å². The summed E-state index contributed by atoms with van der Waals surface area (Å²) < 4.78 is 11.5. The Morgan fingerprint density at radius 1 is 1.15 bits per heavy atom. The standard InChI is InChI=1S/C26H27N3O5/c1-18(30)19-8-6-9-20(16-19)26-21(10-7-15-34-25-13-4-5-14-33-25)17-23(27-28-26)22-11-2-3-12-24(22)29(31)32/h2-3,6,8-9,11-12,16-17,25H,4-5,7,10,13-15H2,1H3. The smallest absolute Gasteiger partial charge is 0.278 e. The molecule has 0 spiro atoms. The van der Waals surface area contributed by atoms with Crippen LogP contribution < -0.4 is 0 Å². The van der Waals surface area contributed by atoms with Crippen LogP contribution in [0.1, 0.15) is 48.5 Å². The first-order valence-electron chi connectivity index (χ1n) is 11.5. The number of rotatable bonds is 9. The van der Waals surface area contributed by atoms with Crippen molar-refractivity contribution < 1.29 is 19.2 Å². The van der Waals surface area contributed by atoms with Gasteiger partial charge in [0.2, 0.25) is 0 Å². The van der Waals surface area contributed by atoms with Crippen LogP contribution in [0.2, 0.25) is 0 Å². The number of carbonyl (C=O) groups excluding carboxylic acids is 1. The molecule has 0 amide bonds. The Kier molecular flexibility index (Phi) is 7.72. The second-order valence-corrected chi connectivity index (χ2v) is 8.29. The SMILES string of the molecule is CC(=O)c1cccc(-c2nnc(-c3ccccc3[N+](=O)[O-])cc2CCCOC2CCCCO2)c1. The number of hydrogen-bond donors (Lipinski definition) is 0. The largest absolute Gasteiger partial charge is 0.353 e. The van der Waals surface area contributed by atoms with Crippen LogP contribution in [0.4, 0.5) is 5.69 Å². The van der Waals surface area contributed by atoms with Crippen LogP contribution in [-0.2, 0) is 15.9 Å². The van der Waals surface area contributed by atoms with E-state index in [9.17, 15) is 14.9 Å². The Balaban J connectivity index is 1.63. The average Bonchev–Trinajstić information content (AvgIpc) is 2.87. The maximum absolute atomic E-state index is 11.9. The minimum atomic E-state index is -0.418. The molecule has 8 nitrogen and oxygen atoms in total. The van der Waals surface area contributed by atoms with Gasteiger partial charge in [0, 0.05) is 23.8 Å². The summed E-state index contributed by atoms with van der Waals surface area (Å²) in [5.41, 5.74) is 3.73. The van der Waals surface area contributed by atoms with Gasteiger partial charge in [-0.15, -0.1) is 10.2 Å². The minimum Gasteiger partial charge on any atom is -0.353 e. The summed E-state index contributed by atoms with van der Waals surface area (Å²) in [5.74, 6) is -0.0335. The first-order chi connectivity index (χ1) is 16.5. The molecule has 0 bridgehead atoms. The molecule has 3 aromatic rings. The van der Waals surface area contributed by atoms with Crippen molar-refractivity contribution in [3.8, 4) is 22.5 Å². The molecule has 1 aliphatic rings. The minimum absolute atomic E-state index is 0.0214. The van der Waals surface area contributed by atoms with Crippen LogP contribution in [0.15, 0.2) is 54.6 Å². The predicted octanol–water partition coefficient (Wildman–Crippen LogP) is 5.40. The summed E-state index contributed by atoms with van der Waals surface area (Å²) >= 11 is 0. The Hall–Kier alpha value is -3.49. The fraction of sp³-hybridized carbons (Fsp3) is 0.346. The van der Waals surface area contributed by atoms with E-state index in [1.807, 2.05) is 18.2 Å². The Labute approximate surface area is 198 Å². The molecule has 176 valence electrons. The lowest BCUT2D eigenvalue weighted by Crippen LogP contribution is -2.22. The van der Waals surface area contributed by atoms with Crippen molar-refractivity contribution in [3.63, 3.8) is 0 Å². The summed E-state index contributed by atoms with van der Waals surface area (Å²) in [6, 6.07) is 15.6. The molecule has 8 heteroatoms. The quantitative estimate of drug-likeness (QED) is 0.182. The third-order valence-electron chi connectivity index (χ3n) is 5.82. The number of nitro benzene ring substituents is 1. The van der Waals surface area contributed by atoms with Gasteiger partial charge in [0.05, 0.1) is 22.8 Å². The van der Waals surface area contributed by atoms with Gasteiger partial charge < -0.3 is 9.47 Å². The van der Waals surface area contributed by atoms with Crippen LogP contribution >= 0.6 is 0 Å². The summed E-state index contributed by atoms with van der Waals surface area (Å²) in [7, 11) is 0. The maximum Gasteiger partial charge on any atom is 0.278 e. The van der Waals surface area contributed by atoms with E-state index in [4.69, 9.17) is 9.47 Å². The van der Waals surface area contributed by atoms with Gasteiger partial charge >= 0.3 is 0 Å². The number of nitro groups is 1. The van der Waals surface area contributed by atoms with Gasteiger partial charge in [-0.05, 0) is 62.8 Å². The molecule has 34 heavy (non-hydrogen) atoms. The Morgan fingerprint density at radius 3 is 2.76 bits per heavy atom. The molecule has 4 rings (SSSR count).